The van der Waals surface area contributed by atoms with E-state index in [1.54, 1.807) is 0 Å². The third-order valence-corrected chi connectivity index (χ3v) is 4.09. The Morgan fingerprint density at radius 1 is 0.318 bits per heavy atom. The Kier molecular flexibility index (Phi) is 49.1. The molecular formula is C20H51NO23. The van der Waals surface area contributed by atoms with Gasteiger partial charge in [-0.2, -0.15) is 0 Å². The quantitative estimate of drug-likeness (QED) is 0.0566. The van der Waals surface area contributed by atoms with Crippen molar-refractivity contribution in [3.8, 4) is 0 Å². The Labute approximate surface area is 250 Å². The van der Waals surface area contributed by atoms with Crippen molar-refractivity contribution >= 4 is 0 Å². The van der Waals surface area contributed by atoms with E-state index >= 15 is 0 Å². The highest BCUT2D eigenvalue weighted by molar-refractivity contribution is 4.64. The summed E-state index contributed by atoms with van der Waals surface area (Å²) in [5.74, 6) is 0. The van der Waals surface area contributed by atoms with Crippen molar-refractivity contribution in [2.45, 2.75) is 61.0 Å². The standard InChI is InChI=1S/5C4H10O4.HNO3/c5*5-1-3(7)4(8)2-6;2-1(3)4/h5*3-8H,1-2H2;(H,2,3,4)/t5*3-,4+;. The van der Waals surface area contributed by atoms with Crippen LogP contribution in [-0.4, -0.2) is 240 Å². The van der Waals surface area contributed by atoms with Crippen LogP contribution in [0.25, 0.3) is 0 Å². The molecule has 0 rings (SSSR count). The molecule has 44 heavy (non-hydrogen) atoms. The average molecular weight is 674 g/mol. The molecule has 0 aliphatic carbocycles. The largest absolute Gasteiger partial charge is 0.394 e. The fourth-order valence-corrected chi connectivity index (χ4v) is 1.22. The van der Waals surface area contributed by atoms with Gasteiger partial charge in [0.2, 0.25) is 0 Å². The van der Waals surface area contributed by atoms with Crippen molar-refractivity contribution in [2.24, 2.45) is 0 Å². The predicted molar refractivity (Wildman–Crippen MR) is 140 cm³/mol. The topological polar surface area (TPSA) is 468 Å². The normalized spacial score (nSPS) is 16.9. The Hall–Kier alpha value is -1.60. The summed E-state index contributed by atoms with van der Waals surface area (Å²) in [4.78, 5) is 8.36. The van der Waals surface area contributed by atoms with Gasteiger partial charge in [0.15, 0.2) is 0 Å². The molecule has 0 bridgehead atoms. The molecule has 0 fully saturated rings. The fourth-order valence-electron chi connectivity index (χ4n) is 1.22. The fraction of sp³-hybridized carbons (Fsp3) is 1.00. The SMILES string of the molecule is O=[N+]([O-])O.OC[C@@H](O)[C@@H](O)CO.OC[C@@H](O)[C@@H](O)CO.OC[C@@H](O)[C@@H](O)CO.OC[C@@H](O)[C@@H](O)CO.OC[C@@H](O)[C@@H](O)CO. The minimum atomic E-state index is -1.50. The van der Waals surface area contributed by atoms with Crippen molar-refractivity contribution in [1.82, 2.24) is 0 Å². The maximum Gasteiger partial charge on any atom is 0.291 e. The number of aliphatic hydroxyl groups is 20. The Bertz CT molecular complexity index is 417. The lowest BCUT2D eigenvalue weighted by Crippen LogP contribution is -2.31. The third kappa shape index (κ3) is 42.5. The van der Waals surface area contributed by atoms with Crippen LogP contribution in [0, 0.1) is 10.1 Å². The molecule has 24 heteroatoms. The number of rotatable bonds is 15. The molecule has 274 valence electrons. The van der Waals surface area contributed by atoms with Crippen molar-refractivity contribution in [1.29, 1.82) is 0 Å². The smallest absolute Gasteiger partial charge is 0.291 e. The van der Waals surface area contributed by atoms with Crippen molar-refractivity contribution in [3.05, 3.63) is 10.1 Å². The Balaban J connectivity index is -0.0000000995. The van der Waals surface area contributed by atoms with Gasteiger partial charge in [0, 0.05) is 0 Å². The van der Waals surface area contributed by atoms with Crippen LogP contribution in [0.1, 0.15) is 0 Å². The summed E-state index contributed by atoms with van der Waals surface area (Å²) >= 11 is 0. The van der Waals surface area contributed by atoms with E-state index in [4.69, 9.17) is 117 Å². The first-order valence-corrected chi connectivity index (χ1v) is 12.1. The molecule has 0 aromatic heterocycles. The van der Waals surface area contributed by atoms with Gasteiger partial charge < -0.3 is 107 Å². The molecule has 24 nitrogen and oxygen atoms in total. The monoisotopic (exact) mass is 673 g/mol. The van der Waals surface area contributed by atoms with Crippen molar-refractivity contribution < 1.29 is 112 Å². The molecule has 0 radical (unpaired) electrons. The summed E-state index contributed by atoms with van der Waals surface area (Å²) in [7, 11) is 0. The van der Waals surface area contributed by atoms with Gasteiger partial charge in [-0.15, -0.1) is 10.1 Å². The van der Waals surface area contributed by atoms with Gasteiger partial charge in [-0.3, -0.25) is 0 Å². The molecule has 0 aliphatic rings. The molecule has 0 unspecified atom stereocenters. The van der Waals surface area contributed by atoms with E-state index in [0.29, 0.717) is 0 Å². The molecule has 0 saturated carbocycles. The van der Waals surface area contributed by atoms with Gasteiger partial charge in [0.05, 0.1) is 66.1 Å². The Morgan fingerprint density at radius 3 is 0.386 bits per heavy atom. The molecular weight excluding hydrogens is 622 g/mol. The van der Waals surface area contributed by atoms with Gasteiger partial charge in [-0.05, 0) is 0 Å². The average Bonchev–Trinajstić information content (AvgIpc) is 3.04. The first-order chi connectivity index (χ1) is 20.3. The predicted octanol–water partition coefficient (Wildman–Crippen LogP) is -11.9. The third-order valence-electron chi connectivity index (χ3n) is 4.09. The van der Waals surface area contributed by atoms with Crippen molar-refractivity contribution in [3.63, 3.8) is 0 Å². The summed E-state index contributed by atoms with van der Waals surface area (Å²) in [6, 6.07) is 0. The summed E-state index contributed by atoms with van der Waals surface area (Å²) in [6.45, 7) is -5.26. The highest BCUT2D eigenvalue weighted by atomic mass is 16.9. The minimum Gasteiger partial charge on any atom is -0.394 e. The molecule has 0 aromatic carbocycles. The second kappa shape index (κ2) is 39.4. The molecule has 21 N–H and O–H groups in total. The lowest BCUT2D eigenvalue weighted by molar-refractivity contribution is -0.742. The summed E-state index contributed by atoms with van der Waals surface area (Å²) in [5.41, 5.74) is 0. The zero-order valence-electron chi connectivity index (χ0n) is 23.5. The molecule has 0 spiro atoms. The van der Waals surface area contributed by atoms with Gasteiger partial charge in [0.25, 0.3) is 5.09 Å². The van der Waals surface area contributed by atoms with Crippen LogP contribution in [0.3, 0.4) is 0 Å². The molecule has 0 saturated heterocycles. The van der Waals surface area contributed by atoms with E-state index in [1.807, 2.05) is 0 Å². The van der Waals surface area contributed by atoms with Gasteiger partial charge in [-0.1, -0.05) is 0 Å². The highest BCUT2D eigenvalue weighted by Gasteiger charge is 2.14. The van der Waals surface area contributed by atoms with E-state index in [-0.39, 0.29) is 0 Å². The summed E-state index contributed by atoms with van der Waals surface area (Å²) in [6.07, 6.45) is -12.2. The molecule has 0 aromatic rings. The minimum absolute atomic E-state index is 0.526. The summed E-state index contributed by atoms with van der Waals surface area (Å²) in [5, 5.41) is 179. The van der Waals surface area contributed by atoms with Crippen molar-refractivity contribution in [2.75, 3.05) is 66.1 Å². The van der Waals surface area contributed by atoms with Crippen LogP contribution in [0.4, 0.5) is 0 Å². The molecule has 0 aliphatic heterocycles. The van der Waals surface area contributed by atoms with Gasteiger partial charge in [0.1, 0.15) is 61.0 Å². The maximum atomic E-state index is 8.47. The maximum absolute atomic E-state index is 8.47. The molecule has 0 heterocycles. The first-order valence-electron chi connectivity index (χ1n) is 12.1. The number of aliphatic hydroxyl groups excluding tert-OH is 20. The first kappa shape index (κ1) is 54.8. The van der Waals surface area contributed by atoms with Gasteiger partial charge in [-0.25, -0.2) is 0 Å². The molecule has 0 amide bonds. The lowest BCUT2D eigenvalue weighted by Gasteiger charge is -2.10. The molecule has 10 atom stereocenters. The van der Waals surface area contributed by atoms with Gasteiger partial charge >= 0.3 is 0 Å². The van der Waals surface area contributed by atoms with E-state index in [9.17, 15) is 0 Å². The lowest BCUT2D eigenvalue weighted by atomic mass is 10.2. The second-order valence-electron chi connectivity index (χ2n) is 7.74. The number of nitrogens with zero attached hydrogens (tertiary/aromatic N) is 1. The van der Waals surface area contributed by atoms with E-state index in [0.717, 1.165) is 0 Å². The van der Waals surface area contributed by atoms with Crippen LogP contribution < -0.4 is 0 Å². The van der Waals surface area contributed by atoms with E-state index < -0.39 is 132 Å². The van der Waals surface area contributed by atoms with Crippen LogP contribution in [-0.2, 0) is 0 Å². The highest BCUT2D eigenvalue weighted by Crippen LogP contribution is 1.91. The number of hydrogen-bond acceptors (Lipinski definition) is 22. The van der Waals surface area contributed by atoms with E-state index in [2.05, 4.69) is 0 Å². The van der Waals surface area contributed by atoms with Crippen LogP contribution >= 0.6 is 0 Å². The van der Waals surface area contributed by atoms with Crippen LogP contribution in [0.15, 0.2) is 0 Å². The zero-order valence-corrected chi connectivity index (χ0v) is 23.5. The van der Waals surface area contributed by atoms with E-state index in [1.165, 1.54) is 0 Å². The summed E-state index contributed by atoms with van der Waals surface area (Å²) < 4.78 is 0. The zero-order chi connectivity index (χ0) is 36.4. The Morgan fingerprint density at radius 2 is 0.364 bits per heavy atom. The van der Waals surface area contributed by atoms with Crippen LogP contribution in [0.2, 0.25) is 0 Å². The number of hydrogen-bond donors (Lipinski definition) is 21. The second-order valence-corrected chi connectivity index (χ2v) is 7.74. The van der Waals surface area contributed by atoms with Crippen LogP contribution in [0.5, 0.6) is 0 Å².